The Kier molecular flexibility index (Phi) is 2.78. The van der Waals surface area contributed by atoms with Gasteiger partial charge in [0.1, 0.15) is 5.82 Å². The zero-order chi connectivity index (χ0) is 9.14. The van der Waals surface area contributed by atoms with E-state index in [2.05, 4.69) is 0 Å². The third-order valence-corrected chi connectivity index (χ3v) is 1.98. The standard InChI is InChI=1S/C9H11FO2/c1-6-7(4-11)2-3-9(10)8(6)5-12/h2-3,11-12H,4-5H2,1H3. The summed E-state index contributed by atoms with van der Waals surface area (Å²) < 4.78 is 12.9. The molecule has 0 aromatic heterocycles. The highest BCUT2D eigenvalue weighted by molar-refractivity contribution is 5.34. The Labute approximate surface area is 70.3 Å². The fourth-order valence-corrected chi connectivity index (χ4v) is 1.14. The van der Waals surface area contributed by atoms with E-state index >= 15 is 0 Å². The van der Waals surface area contributed by atoms with Gasteiger partial charge in [-0.05, 0) is 24.1 Å². The Morgan fingerprint density at radius 3 is 2.42 bits per heavy atom. The van der Waals surface area contributed by atoms with Gasteiger partial charge in [0.2, 0.25) is 0 Å². The van der Waals surface area contributed by atoms with E-state index in [0.717, 1.165) is 0 Å². The van der Waals surface area contributed by atoms with Crippen LogP contribution in [0.4, 0.5) is 4.39 Å². The number of hydrogen-bond acceptors (Lipinski definition) is 2. The van der Waals surface area contributed by atoms with Crippen molar-refractivity contribution in [1.29, 1.82) is 0 Å². The molecule has 1 rings (SSSR count). The Morgan fingerprint density at radius 2 is 1.92 bits per heavy atom. The maximum Gasteiger partial charge on any atom is 0.129 e. The normalized spacial score (nSPS) is 10.3. The molecule has 0 aliphatic carbocycles. The van der Waals surface area contributed by atoms with E-state index < -0.39 is 5.82 Å². The van der Waals surface area contributed by atoms with Gasteiger partial charge in [0.25, 0.3) is 0 Å². The first-order valence-electron chi connectivity index (χ1n) is 3.69. The van der Waals surface area contributed by atoms with E-state index in [4.69, 9.17) is 10.2 Å². The van der Waals surface area contributed by atoms with Crippen molar-refractivity contribution in [2.24, 2.45) is 0 Å². The molecule has 0 fully saturated rings. The molecular formula is C9H11FO2. The van der Waals surface area contributed by atoms with E-state index in [1.54, 1.807) is 6.92 Å². The van der Waals surface area contributed by atoms with E-state index in [-0.39, 0.29) is 18.8 Å². The van der Waals surface area contributed by atoms with Gasteiger partial charge in [0.15, 0.2) is 0 Å². The van der Waals surface area contributed by atoms with Crippen LogP contribution in [0.3, 0.4) is 0 Å². The van der Waals surface area contributed by atoms with Crippen LogP contribution in [0, 0.1) is 12.7 Å². The van der Waals surface area contributed by atoms with Crippen molar-refractivity contribution in [2.75, 3.05) is 0 Å². The van der Waals surface area contributed by atoms with Crippen LogP contribution in [-0.2, 0) is 13.2 Å². The molecule has 1 aromatic carbocycles. The second-order valence-electron chi connectivity index (χ2n) is 2.63. The Balaban J connectivity index is 3.24. The Bertz CT molecular complexity index is 284. The summed E-state index contributed by atoms with van der Waals surface area (Å²) in [5.74, 6) is -0.424. The second kappa shape index (κ2) is 3.65. The zero-order valence-electron chi connectivity index (χ0n) is 6.84. The number of aliphatic hydroxyl groups excluding tert-OH is 2. The van der Waals surface area contributed by atoms with Gasteiger partial charge in [-0.1, -0.05) is 6.07 Å². The number of benzene rings is 1. The molecule has 0 spiro atoms. The molecular weight excluding hydrogens is 159 g/mol. The number of rotatable bonds is 2. The van der Waals surface area contributed by atoms with Gasteiger partial charge >= 0.3 is 0 Å². The first-order chi connectivity index (χ1) is 5.70. The maximum absolute atomic E-state index is 12.9. The van der Waals surface area contributed by atoms with Gasteiger partial charge in [-0.2, -0.15) is 0 Å². The molecule has 12 heavy (non-hydrogen) atoms. The molecule has 2 nitrogen and oxygen atoms in total. The average Bonchev–Trinajstić information content (AvgIpc) is 2.06. The maximum atomic E-state index is 12.9. The van der Waals surface area contributed by atoms with Crippen molar-refractivity contribution in [2.45, 2.75) is 20.1 Å². The van der Waals surface area contributed by atoms with Gasteiger partial charge in [0.05, 0.1) is 13.2 Å². The fourth-order valence-electron chi connectivity index (χ4n) is 1.14. The van der Waals surface area contributed by atoms with E-state index in [1.807, 2.05) is 0 Å². The molecule has 0 aliphatic heterocycles. The topological polar surface area (TPSA) is 40.5 Å². The van der Waals surface area contributed by atoms with Crippen LogP contribution < -0.4 is 0 Å². The summed E-state index contributed by atoms with van der Waals surface area (Å²) in [6, 6.07) is 2.77. The molecule has 0 aliphatic rings. The fraction of sp³-hybridized carbons (Fsp3) is 0.333. The summed E-state index contributed by atoms with van der Waals surface area (Å²) in [7, 11) is 0. The number of aliphatic hydroxyl groups is 2. The molecule has 0 radical (unpaired) electrons. The molecule has 0 bridgehead atoms. The smallest absolute Gasteiger partial charge is 0.129 e. The average molecular weight is 170 g/mol. The van der Waals surface area contributed by atoms with Crippen LogP contribution in [0.1, 0.15) is 16.7 Å². The molecule has 1 aromatic rings. The monoisotopic (exact) mass is 170 g/mol. The van der Waals surface area contributed by atoms with Gasteiger partial charge in [-0.3, -0.25) is 0 Å². The molecule has 0 saturated carbocycles. The van der Waals surface area contributed by atoms with Crippen molar-refractivity contribution in [3.63, 3.8) is 0 Å². The first-order valence-corrected chi connectivity index (χ1v) is 3.69. The van der Waals surface area contributed by atoms with Gasteiger partial charge in [-0.15, -0.1) is 0 Å². The largest absolute Gasteiger partial charge is 0.392 e. The Morgan fingerprint density at radius 1 is 1.25 bits per heavy atom. The van der Waals surface area contributed by atoms with Crippen molar-refractivity contribution < 1.29 is 14.6 Å². The predicted molar refractivity (Wildman–Crippen MR) is 43.0 cm³/mol. The highest BCUT2D eigenvalue weighted by atomic mass is 19.1. The number of halogens is 1. The number of hydrogen-bond donors (Lipinski definition) is 2. The van der Waals surface area contributed by atoms with Crippen LogP contribution in [0.25, 0.3) is 0 Å². The van der Waals surface area contributed by atoms with Crippen molar-refractivity contribution in [1.82, 2.24) is 0 Å². The van der Waals surface area contributed by atoms with Crippen LogP contribution in [-0.4, -0.2) is 10.2 Å². The third-order valence-electron chi connectivity index (χ3n) is 1.98. The first kappa shape index (κ1) is 9.16. The molecule has 0 amide bonds. The lowest BCUT2D eigenvalue weighted by Gasteiger charge is -2.07. The lowest BCUT2D eigenvalue weighted by Crippen LogP contribution is -1.99. The van der Waals surface area contributed by atoms with Crippen LogP contribution >= 0.6 is 0 Å². The van der Waals surface area contributed by atoms with Crippen LogP contribution in [0.5, 0.6) is 0 Å². The molecule has 0 unspecified atom stereocenters. The van der Waals surface area contributed by atoms with E-state index in [1.165, 1.54) is 12.1 Å². The molecule has 3 heteroatoms. The summed E-state index contributed by atoms with van der Waals surface area (Å²) in [5, 5.41) is 17.6. The van der Waals surface area contributed by atoms with E-state index in [0.29, 0.717) is 11.1 Å². The summed E-state index contributed by atoms with van der Waals surface area (Å²) >= 11 is 0. The van der Waals surface area contributed by atoms with Gasteiger partial charge in [-0.25, -0.2) is 4.39 Å². The van der Waals surface area contributed by atoms with Gasteiger partial charge < -0.3 is 10.2 Å². The molecule has 0 atom stereocenters. The summed E-state index contributed by atoms with van der Waals surface area (Å²) in [4.78, 5) is 0. The molecule has 2 N–H and O–H groups in total. The zero-order valence-corrected chi connectivity index (χ0v) is 6.84. The minimum absolute atomic E-state index is 0.126. The summed E-state index contributed by atoms with van der Waals surface area (Å²) in [6.07, 6.45) is 0. The highest BCUT2D eigenvalue weighted by Gasteiger charge is 2.07. The summed E-state index contributed by atoms with van der Waals surface area (Å²) in [5.41, 5.74) is 1.54. The summed E-state index contributed by atoms with van der Waals surface area (Å²) in [6.45, 7) is 1.23. The predicted octanol–water partition coefficient (Wildman–Crippen LogP) is 1.12. The van der Waals surface area contributed by atoms with Crippen LogP contribution in [0.2, 0.25) is 0 Å². The SMILES string of the molecule is Cc1c(CO)ccc(F)c1CO. The lowest BCUT2D eigenvalue weighted by molar-refractivity contribution is 0.269. The van der Waals surface area contributed by atoms with E-state index in [9.17, 15) is 4.39 Å². The van der Waals surface area contributed by atoms with Crippen molar-refractivity contribution >= 4 is 0 Å². The van der Waals surface area contributed by atoms with Crippen molar-refractivity contribution in [3.05, 3.63) is 34.6 Å². The van der Waals surface area contributed by atoms with Gasteiger partial charge in [0, 0.05) is 5.56 Å². The second-order valence-corrected chi connectivity index (χ2v) is 2.63. The highest BCUT2D eigenvalue weighted by Crippen LogP contribution is 2.17. The quantitative estimate of drug-likeness (QED) is 0.698. The van der Waals surface area contributed by atoms with Crippen LogP contribution in [0.15, 0.2) is 12.1 Å². The van der Waals surface area contributed by atoms with Crippen molar-refractivity contribution in [3.8, 4) is 0 Å². The molecule has 0 heterocycles. The minimum atomic E-state index is -0.424. The third kappa shape index (κ3) is 1.47. The molecule has 0 saturated heterocycles. The Hall–Kier alpha value is -0.930. The molecule has 66 valence electrons. The lowest BCUT2D eigenvalue weighted by atomic mass is 10.0. The minimum Gasteiger partial charge on any atom is -0.392 e.